The monoisotopic (exact) mass is 249 g/mol. The minimum Gasteiger partial charge on any atom is -0.462 e. The fourth-order valence-electron chi connectivity index (χ4n) is 1.14. The number of carbonyl (C=O) groups excluding carboxylic acids is 1. The van der Waals surface area contributed by atoms with Gasteiger partial charge in [-0.2, -0.15) is 0 Å². The lowest BCUT2D eigenvalue weighted by molar-refractivity contribution is 0.0513. The highest BCUT2D eigenvalue weighted by Crippen LogP contribution is 2.22. The Labute approximate surface area is 96.4 Å². The highest BCUT2D eigenvalue weighted by molar-refractivity contribution is 6.17. The Morgan fingerprint density at radius 2 is 2.31 bits per heavy atom. The van der Waals surface area contributed by atoms with Gasteiger partial charge in [0, 0.05) is 12.1 Å². The largest absolute Gasteiger partial charge is 0.462 e. The maximum Gasteiger partial charge on any atom is 0.340 e. The molecule has 0 N–H and O–H groups in total. The van der Waals surface area contributed by atoms with E-state index in [1.807, 2.05) is 0 Å². The van der Waals surface area contributed by atoms with Gasteiger partial charge in [-0.3, -0.25) is 4.98 Å². The number of nitrogens with zero attached hydrogens (tertiary/aromatic N) is 1. The first kappa shape index (κ1) is 12.8. The van der Waals surface area contributed by atoms with Gasteiger partial charge in [-0.05, 0) is 18.6 Å². The Morgan fingerprint density at radius 1 is 1.62 bits per heavy atom. The normalized spacial score (nSPS) is 10.6. The first-order valence-electron chi connectivity index (χ1n) is 4.60. The summed E-state index contributed by atoms with van der Waals surface area (Å²) in [6, 6.07) is 1.28. The van der Waals surface area contributed by atoms with E-state index in [1.54, 1.807) is 6.92 Å². The lowest BCUT2D eigenvalue weighted by atomic mass is 10.1. The maximum atomic E-state index is 12.6. The van der Waals surface area contributed by atoms with Crippen LogP contribution in [0, 0.1) is 0 Å². The highest BCUT2D eigenvalue weighted by atomic mass is 35.5. The predicted octanol–water partition coefficient (Wildman–Crippen LogP) is 2.93. The fourth-order valence-corrected chi connectivity index (χ4v) is 1.28. The summed E-state index contributed by atoms with van der Waals surface area (Å²) in [6.45, 7) is 1.71. The van der Waals surface area contributed by atoms with Crippen molar-refractivity contribution in [1.82, 2.24) is 4.98 Å². The fraction of sp³-hybridized carbons (Fsp3) is 0.400. The average Bonchev–Trinajstić information content (AvgIpc) is 2.28. The van der Waals surface area contributed by atoms with Crippen LogP contribution in [0.2, 0.25) is 0 Å². The first-order chi connectivity index (χ1) is 7.60. The molecular formula is C10H10ClF2NO2. The molecule has 0 fully saturated rings. The topological polar surface area (TPSA) is 39.2 Å². The maximum absolute atomic E-state index is 12.6. The van der Waals surface area contributed by atoms with Gasteiger partial charge in [-0.1, -0.05) is 0 Å². The van der Waals surface area contributed by atoms with E-state index >= 15 is 0 Å². The van der Waals surface area contributed by atoms with Gasteiger partial charge in [0.15, 0.2) is 0 Å². The van der Waals surface area contributed by atoms with Crippen molar-refractivity contribution in [1.29, 1.82) is 0 Å². The van der Waals surface area contributed by atoms with Gasteiger partial charge in [0.25, 0.3) is 6.43 Å². The third-order valence-corrected chi connectivity index (χ3v) is 2.14. The van der Waals surface area contributed by atoms with Gasteiger partial charge in [-0.15, -0.1) is 11.6 Å². The van der Waals surface area contributed by atoms with Gasteiger partial charge in [0.2, 0.25) is 0 Å². The van der Waals surface area contributed by atoms with E-state index < -0.39 is 18.1 Å². The SMILES string of the molecule is CCOC(=O)c1cc(CCl)cnc1C(F)F. The smallest absolute Gasteiger partial charge is 0.340 e. The van der Waals surface area contributed by atoms with Crippen LogP contribution in [0.1, 0.15) is 35.0 Å². The highest BCUT2D eigenvalue weighted by Gasteiger charge is 2.21. The molecule has 0 amide bonds. The third-order valence-electron chi connectivity index (χ3n) is 1.83. The molecule has 0 aliphatic rings. The van der Waals surface area contributed by atoms with Crippen molar-refractivity contribution >= 4 is 17.6 Å². The standard InChI is InChI=1S/C10H10ClF2NO2/c1-2-16-10(15)7-3-6(4-11)5-14-8(7)9(12)13/h3,5,9H,2,4H2,1H3. The summed E-state index contributed by atoms with van der Waals surface area (Å²) >= 11 is 5.53. The van der Waals surface area contributed by atoms with Crippen LogP contribution in [-0.2, 0) is 10.6 Å². The van der Waals surface area contributed by atoms with Crippen LogP contribution in [0.3, 0.4) is 0 Å². The van der Waals surface area contributed by atoms with E-state index in [4.69, 9.17) is 11.6 Å². The molecule has 0 aromatic carbocycles. The Hall–Kier alpha value is -1.23. The zero-order chi connectivity index (χ0) is 12.1. The van der Waals surface area contributed by atoms with Crippen molar-refractivity contribution in [2.24, 2.45) is 0 Å². The van der Waals surface area contributed by atoms with Crippen LogP contribution in [0.4, 0.5) is 8.78 Å². The molecule has 0 aliphatic heterocycles. The lowest BCUT2D eigenvalue weighted by Gasteiger charge is -2.08. The number of halogens is 3. The zero-order valence-corrected chi connectivity index (χ0v) is 9.30. The molecule has 0 saturated heterocycles. The van der Waals surface area contributed by atoms with Crippen LogP contribution < -0.4 is 0 Å². The molecule has 0 unspecified atom stereocenters. The summed E-state index contributed by atoms with van der Waals surface area (Å²) in [5, 5.41) is 0. The number of pyridine rings is 1. The van der Waals surface area contributed by atoms with Gasteiger partial charge in [-0.25, -0.2) is 13.6 Å². The van der Waals surface area contributed by atoms with Gasteiger partial charge >= 0.3 is 5.97 Å². The Balaban J connectivity index is 3.14. The summed E-state index contributed by atoms with van der Waals surface area (Å²) in [5.41, 5.74) is -0.309. The van der Waals surface area contributed by atoms with Crippen molar-refractivity contribution < 1.29 is 18.3 Å². The van der Waals surface area contributed by atoms with Crippen LogP contribution in [0.25, 0.3) is 0 Å². The molecule has 3 nitrogen and oxygen atoms in total. The summed E-state index contributed by atoms with van der Waals surface area (Å²) in [4.78, 5) is 14.9. The van der Waals surface area contributed by atoms with E-state index in [2.05, 4.69) is 9.72 Å². The quantitative estimate of drug-likeness (QED) is 0.608. The molecule has 0 bridgehead atoms. The summed E-state index contributed by atoms with van der Waals surface area (Å²) < 4.78 is 29.8. The predicted molar refractivity (Wildman–Crippen MR) is 54.7 cm³/mol. The number of hydrogen-bond donors (Lipinski definition) is 0. The van der Waals surface area contributed by atoms with E-state index in [-0.39, 0.29) is 18.1 Å². The van der Waals surface area contributed by atoms with Crippen molar-refractivity contribution in [2.45, 2.75) is 19.2 Å². The first-order valence-corrected chi connectivity index (χ1v) is 5.13. The number of aromatic nitrogens is 1. The van der Waals surface area contributed by atoms with E-state index in [0.29, 0.717) is 5.56 Å². The molecule has 0 aliphatic carbocycles. The minimum atomic E-state index is -2.82. The molecule has 16 heavy (non-hydrogen) atoms. The number of hydrogen-bond acceptors (Lipinski definition) is 3. The third kappa shape index (κ3) is 2.88. The van der Waals surface area contributed by atoms with Gasteiger partial charge < -0.3 is 4.74 Å². The minimum absolute atomic E-state index is 0.100. The van der Waals surface area contributed by atoms with Crippen LogP contribution in [0.15, 0.2) is 12.3 Å². The van der Waals surface area contributed by atoms with E-state index in [0.717, 1.165) is 0 Å². The molecule has 0 saturated carbocycles. The molecule has 6 heteroatoms. The summed E-state index contributed by atoms with van der Waals surface area (Å²) in [7, 11) is 0. The second kappa shape index (κ2) is 5.75. The molecular weight excluding hydrogens is 240 g/mol. The number of alkyl halides is 3. The second-order valence-electron chi connectivity index (χ2n) is 2.93. The van der Waals surface area contributed by atoms with Crippen molar-refractivity contribution in [3.63, 3.8) is 0 Å². The molecule has 1 heterocycles. The Morgan fingerprint density at radius 3 is 2.81 bits per heavy atom. The van der Waals surface area contributed by atoms with Gasteiger partial charge in [0.1, 0.15) is 5.69 Å². The summed E-state index contributed by atoms with van der Waals surface area (Å²) in [6.07, 6.45) is -1.60. The summed E-state index contributed by atoms with van der Waals surface area (Å²) in [5.74, 6) is -0.708. The molecule has 1 aromatic rings. The average molecular weight is 250 g/mol. The van der Waals surface area contributed by atoms with Crippen molar-refractivity contribution in [3.05, 3.63) is 29.1 Å². The van der Waals surface area contributed by atoms with E-state index in [9.17, 15) is 13.6 Å². The number of ether oxygens (including phenoxy) is 1. The van der Waals surface area contributed by atoms with Crippen LogP contribution >= 0.6 is 11.6 Å². The van der Waals surface area contributed by atoms with Gasteiger partial charge in [0.05, 0.1) is 12.2 Å². The Bertz CT molecular complexity index is 385. The Kier molecular flexibility index (Phi) is 4.61. The molecule has 88 valence electrons. The number of carbonyl (C=O) groups is 1. The number of esters is 1. The number of rotatable bonds is 4. The van der Waals surface area contributed by atoms with Crippen LogP contribution in [-0.4, -0.2) is 17.6 Å². The van der Waals surface area contributed by atoms with E-state index in [1.165, 1.54) is 12.3 Å². The molecule has 1 rings (SSSR count). The molecule has 0 spiro atoms. The second-order valence-corrected chi connectivity index (χ2v) is 3.20. The van der Waals surface area contributed by atoms with Crippen molar-refractivity contribution in [2.75, 3.05) is 6.61 Å². The lowest BCUT2D eigenvalue weighted by Crippen LogP contribution is -2.10. The molecule has 0 atom stereocenters. The molecule has 1 aromatic heterocycles. The zero-order valence-electron chi connectivity index (χ0n) is 8.54. The van der Waals surface area contributed by atoms with Crippen molar-refractivity contribution in [3.8, 4) is 0 Å². The molecule has 0 radical (unpaired) electrons. The van der Waals surface area contributed by atoms with Crippen LogP contribution in [0.5, 0.6) is 0 Å².